The lowest BCUT2D eigenvalue weighted by Crippen LogP contribution is -2.10. The number of nitrogens with zero attached hydrogens (tertiary/aromatic N) is 1. The molecule has 1 atom stereocenters. The molecule has 0 aliphatic rings. The maximum Gasteiger partial charge on any atom is 0.237 e. The van der Waals surface area contributed by atoms with Crippen LogP contribution in [-0.4, -0.2) is 12.1 Å². The lowest BCUT2D eigenvalue weighted by molar-refractivity contribution is 0.399. The van der Waals surface area contributed by atoms with Gasteiger partial charge in [0, 0.05) is 16.2 Å². The Hall–Kier alpha value is -1.62. The van der Waals surface area contributed by atoms with Crippen molar-refractivity contribution in [3.63, 3.8) is 0 Å². The first-order valence-corrected chi connectivity index (χ1v) is 6.61. The van der Waals surface area contributed by atoms with Gasteiger partial charge in [0.05, 0.1) is 18.8 Å². The maximum atomic E-state index is 13.8. The number of anilines is 1. The first-order valence-electron chi connectivity index (χ1n) is 5.82. The first-order chi connectivity index (χ1) is 9.11. The van der Waals surface area contributed by atoms with Crippen molar-refractivity contribution in [1.82, 2.24) is 4.98 Å². The molecule has 2 rings (SSSR count). The molecule has 1 unspecified atom stereocenters. The van der Waals surface area contributed by atoms with Gasteiger partial charge in [0.2, 0.25) is 5.88 Å². The van der Waals surface area contributed by atoms with Crippen LogP contribution in [0.2, 0.25) is 0 Å². The van der Waals surface area contributed by atoms with E-state index in [1.54, 1.807) is 31.5 Å². The highest BCUT2D eigenvalue weighted by molar-refractivity contribution is 9.10. The van der Waals surface area contributed by atoms with Crippen LogP contribution >= 0.6 is 15.9 Å². The number of rotatable bonds is 4. The van der Waals surface area contributed by atoms with Gasteiger partial charge in [-0.05, 0) is 37.3 Å². The van der Waals surface area contributed by atoms with Gasteiger partial charge in [-0.1, -0.05) is 15.9 Å². The summed E-state index contributed by atoms with van der Waals surface area (Å²) in [5.41, 5.74) is 1.32. The van der Waals surface area contributed by atoms with Gasteiger partial charge < -0.3 is 10.1 Å². The molecular weight excluding hydrogens is 311 g/mol. The fourth-order valence-corrected chi connectivity index (χ4v) is 2.20. The SMILES string of the molecule is COc1ncccc1NC(C)c1cc(Br)ccc1F. The summed E-state index contributed by atoms with van der Waals surface area (Å²) in [6.45, 7) is 1.89. The van der Waals surface area contributed by atoms with Crippen LogP contribution in [0.1, 0.15) is 18.5 Å². The van der Waals surface area contributed by atoms with E-state index >= 15 is 0 Å². The summed E-state index contributed by atoms with van der Waals surface area (Å²) in [6, 6.07) is 8.33. The number of aromatic nitrogens is 1. The van der Waals surface area contributed by atoms with Crippen molar-refractivity contribution >= 4 is 21.6 Å². The molecule has 1 heterocycles. The smallest absolute Gasteiger partial charge is 0.237 e. The molecule has 2 aromatic rings. The Kier molecular flexibility index (Phi) is 4.37. The molecule has 0 saturated heterocycles. The molecular formula is C14H14BrFN2O. The summed E-state index contributed by atoms with van der Waals surface area (Å²) in [5.74, 6) is 0.246. The monoisotopic (exact) mass is 324 g/mol. The van der Waals surface area contributed by atoms with Gasteiger partial charge in [-0.3, -0.25) is 0 Å². The zero-order valence-electron chi connectivity index (χ0n) is 10.7. The van der Waals surface area contributed by atoms with Gasteiger partial charge in [0.1, 0.15) is 5.82 Å². The standard InChI is InChI=1S/C14H14BrFN2O/c1-9(11-8-10(15)5-6-12(11)16)18-13-4-3-7-17-14(13)19-2/h3-9,18H,1-2H3. The lowest BCUT2D eigenvalue weighted by Gasteiger charge is -2.18. The third-order valence-electron chi connectivity index (χ3n) is 2.76. The van der Waals surface area contributed by atoms with E-state index in [-0.39, 0.29) is 11.9 Å². The predicted octanol–water partition coefficient (Wildman–Crippen LogP) is 4.16. The maximum absolute atomic E-state index is 13.8. The van der Waals surface area contributed by atoms with Crippen LogP contribution < -0.4 is 10.1 Å². The van der Waals surface area contributed by atoms with Gasteiger partial charge in [-0.15, -0.1) is 0 Å². The third kappa shape index (κ3) is 3.23. The van der Waals surface area contributed by atoms with Crippen molar-refractivity contribution in [2.24, 2.45) is 0 Å². The summed E-state index contributed by atoms with van der Waals surface area (Å²) in [6.07, 6.45) is 1.65. The van der Waals surface area contributed by atoms with E-state index < -0.39 is 0 Å². The number of hydrogen-bond acceptors (Lipinski definition) is 3. The topological polar surface area (TPSA) is 34.1 Å². The van der Waals surface area contributed by atoms with E-state index in [0.29, 0.717) is 11.4 Å². The summed E-state index contributed by atoms with van der Waals surface area (Å²) in [4.78, 5) is 4.10. The van der Waals surface area contributed by atoms with Crippen molar-refractivity contribution < 1.29 is 9.13 Å². The Morgan fingerprint density at radius 2 is 2.16 bits per heavy atom. The Morgan fingerprint density at radius 3 is 2.89 bits per heavy atom. The molecule has 1 N–H and O–H groups in total. The lowest BCUT2D eigenvalue weighted by atomic mass is 10.1. The van der Waals surface area contributed by atoms with E-state index in [9.17, 15) is 4.39 Å². The molecule has 0 amide bonds. The van der Waals surface area contributed by atoms with Crippen molar-refractivity contribution in [3.8, 4) is 5.88 Å². The molecule has 100 valence electrons. The summed E-state index contributed by atoms with van der Waals surface area (Å²) >= 11 is 3.35. The largest absolute Gasteiger partial charge is 0.480 e. The van der Waals surface area contributed by atoms with Crippen LogP contribution in [-0.2, 0) is 0 Å². The average Bonchev–Trinajstić information content (AvgIpc) is 2.42. The van der Waals surface area contributed by atoms with Gasteiger partial charge in [0.25, 0.3) is 0 Å². The fraction of sp³-hybridized carbons (Fsp3) is 0.214. The van der Waals surface area contributed by atoms with Gasteiger partial charge in [-0.25, -0.2) is 9.37 Å². The molecule has 1 aromatic heterocycles. The predicted molar refractivity (Wildman–Crippen MR) is 76.9 cm³/mol. The second kappa shape index (κ2) is 6.02. The number of halogens is 2. The molecule has 19 heavy (non-hydrogen) atoms. The molecule has 0 aliphatic carbocycles. The highest BCUT2D eigenvalue weighted by atomic mass is 79.9. The van der Waals surface area contributed by atoms with Crippen LogP contribution in [0.25, 0.3) is 0 Å². The highest BCUT2D eigenvalue weighted by Crippen LogP contribution is 2.28. The quantitative estimate of drug-likeness (QED) is 0.916. The van der Waals surface area contributed by atoms with E-state index in [4.69, 9.17) is 4.74 Å². The minimum Gasteiger partial charge on any atom is -0.480 e. The summed E-state index contributed by atoms with van der Waals surface area (Å²) in [7, 11) is 1.55. The molecule has 3 nitrogen and oxygen atoms in total. The number of ether oxygens (including phenoxy) is 1. The normalized spacial score (nSPS) is 12.0. The van der Waals surface area contributed by atoms with Gasteiger partial charge in [-0.2, -0.15) is 0 Å². The van der Waals surface area contributed by atoms with Crippen molar-refractivity contribution in [1.29, 1.82) is 0 Å². The van der Waals surface area contributed by atoms with E-state index in [1.807, 2.05) is 13.0 Å². The van der Waals surface area contributed by atoms with E-state index in [2.05, 4.69) is 26.2 Å². The van der Waals surface area contributed by atoms with E-state index in [0.717, 1.165) is 10.2 Å². The van der Waals surface area contributed by atoms with E-state index in [1.165, 1.54) is 6.07 Å². The zero-order chi connectivity index (χ0) is 13.8. The number of nitrogens with one attached hydrogen (secondary N) is 1. The third-order valence-corrected chi connectivity index (χ3v) is 3.25. The molecule has 0 fully saturated rings. The molecule has 0 saturated carbocycles. The van der Waals surface area contributed by atoms with Crippen molar-refractivity contribution in [2.75, 3.05) is 12.4 Å². The average molecular weight is 325 g/mol. The Bertz CT molecular complexity index is 577. The fourth-order valence-electron chi connectivity index (χ4n) is 1.82. The van der Waals surface area contributed by atoms with Crippen LogP contribution in [0.3, 0.4) is 0 Å². The van der Waals surface area contributed by atoms with Crippen LogP contribution in [0.5, 0.6) is 5.88 Å². The summed E-state index contributed by atoms with van der Waals surface area (Å²) < 4.78 is 19.8. The zero-order valence-corrected chi connectivity index (χ0v) is 12.2. The molecule has 0 spiro atoms. The first kappa shape index (κ1) is 13.8. The van der Waals surface area contributed by atoms with Gasteiger partial charge in [0.15, 0.2) is 0 Å². The molecule has 0 radical (unpaired) electrons. The minimum atomic E-state index is -0.244. The van der Waals surface area contributed by atoms with Gasteiger partial charge >= 0.3 is 0 Å². The number of benzene rings is 1. The van der Waals surface area contributed by atoms with Crippen molar-refractivity contribution in [2.45, 2.75) is 13.0 Å². The minimum absolute atomic E-state index is 0.199. The second-order valence-corrected chi connectivity index (χ2v) is 5.01. The van der Waals surface area contributed by atoms with Crippen LogP contribution in [0, 0.1) is 5.82 Å². The van der Waals surface area contributed by atoms with Crippen LogP contribution in [0.15, 0.2) is 41.0 Å². The van der Waals surface area contributed by atoms with Crippen LogP contribution in [0.4, 0.5) is 10.1 Å². The Labute approximate surface area is 119 Å². The Balaban J connectivity index is 2.25. The highest BCUT2D eigenvalue weighted by Gasteiger charge is 2.13. The molecule has 1 aromatic carbocycles. The molecule has 0 bridgehead atoms. The number of hydrogen-bond donors (Lipinski definition) is 1. The second-order valence-electron chi connectivity index (χ2n) is 4.09. The summed E-state index contributed by atoms with van der Waals surface area (Å²) in [5, 5.41) is 3.20. The Morgan fingerprint density at radius 1 is 1.37 bits per heavy atom. The van der Waals surface area contributed by atoms with Crippen molar-refractivity contribution in [3.05, 3.63) is 52.4 Å². The molecule has 0 aliphatic heterocycles. The molecule has 5 heteroatoms. The number of methoxy groups -OCH3 is 1. The number of pyridine rings is 1.